The lowest BCUT2D eigenvalue weighted by Crippen LogP contribution is -2.42. The van der Waals surface area contributed by atoms with Crippen LogP contribution in [0.1, 0.15) is 23.2 Å². The molecule has 1 saturated heterocycles. The number of amides is 1. The zero-order valence-electron chi connectivity index (χ0n) is 10.5. The average molecular weight is 263 g/mol. The normalized spacial score (nSPS) is 16.2. The Morgan fingerprint density at radius 2 is 1.79 bits per heavy atom. The third-order valence-corrected chi connectivity index (χ3v) is 3.49. The lowest BCUT2D eigenvalue weighted by Gasteiger charge is -2.32. The fourth-order valence-corrected chi connectivity index (χ4v) is 2.33. The predicted molar refractivity (Wildman–Crippen MR) is 70.7 cm³/mol. The van der Waals surface area contributed by atoms with Gasteiger partial charge in [-0.2, -0.15) is 0 Å². The van der Waals surface area contributed by atoms with Crippen molar-refractivity contribution < 1.29 is 14.7 Å². The zero-order chi connectivity index (χ0) is 13.8. The van der Waals surface area contributed by atoms with Crippen molar-refractivity contribution in [2.45, 2.75) is 12.8 Å². The SMILES string of the molecule is NNC(=O)C1CCN(c2ccc(C(=O)O)cc2)CC1. The van der Waals surface area contributed by atoms with Crippen LogP contribution in [0.25, 0.3) is 0 Å². The number of hydrazine groups is 1. The van der Waals surface area contributed by atoms with E-state index in [1.807, 2.05) is 0 Å². The van der Waals surface area contributed by atoms with E-state index in [1.165, 1.54) is 0 Å². The number of nitrogens with one attached hydrogen (secondary N) is 1. The standard InChI is InChI=1S/C13H17N3O3/c14-15-12(17)9-5-7-16(8-6-9)11-3-1-10(2-4-11)13(18)19/h1-4,9H,5-8,14H2,(H,15,17)(H,18,19). The van der Waals surface area contributed by atoms with Crippen LogP contribution in [-0.2, 0) is 4.79 Å². The van der Waals surface area contributed by atoms with E-state index in [9.17, 15) is 9.59 Å². The number of nitrogens with zero attached hydrogens (tertiary/aromatic N) is 1. The third-order valence-electron chi connectivity index (χ3n) is 3.49. The molecule has 19 heavy (non-hydrogen) atoms. The molecule has 0 spiro atoms. The first-order chi connectivity index (χ1) is 9.11. The minimum absolute atomic E-state index is 0.0282. The smallest absolute Gasteiger partial charge is 0.335 e. The molecule has 0 atom stereocenters. The maximum atomic E-state index is 11.4. The first-order valence-electron chi connectivity index (χ1n) is 6.20. The van der Waals surface area contributed by atoms with E-state index < -0.39 is 5.97 Å². The van der Waals surface area contributed by atoms with E-state index in [0.29, 0.717) is 0 Å². The van der Waals surface area contributed by atoms with Crippen LogP contribution in [-0.4, -0.2) is 30.1 Å². The summed E-state index contributed by atoms with van der Waals surface area (Å²) in [5, 5.41) is 8.84. The molecule has 0 radical (unpaired) electrons. The number of aromatic carboxylic acids is 1. The van der Waals surface area contributed by atoms with Gasteiger partial charge in [-0.05, 0) is 37.1 Å². The second-order valence-corrected chi connectivity index (χ2v) is 4.62. The van der Waals surface area contributed by atoms with Crippen molar-refractivity contribution in [1.82, 2.24) is 5.43 Å². The fraction of sp³-hybridized carbons (Fsp3) is 0.385. The summed E-state index contributed by atoms with van der Waals surface area (Å²) in [6.07, 6.45) is 1.51. The minimum atomic E-state index is -0.926. The molecule has 1 heterocycles. The molecule has 1 amide bonds. The summed E-state index contributed by atoms with van der Waals surface area (Å²) < 4.78 is 0. The average Bonchev–Trinajstić information content (AvgIpc) is 2.46. The number of anilines is 1. The van der Waals surface area contributed by atoms with Crippen LogP contribution in [0.5, 0.6) is 0 Å². The number of nitrogens with two attached hydrogens (primary N) is 1. The first-order valence-corrected chi connectivity index (χ1v) is 6.20. The van der Waals surface area contributed by atoms with Crippen LogP contribution in [0.2, 0.25) is 0 Å². The van der Waals surface area contributed by atoms with Crippen LogP contribution in [0.4, 0.5) is 5.69 Å². The molecule has 0 aliphatic carbocycles. The molecule has 1 aromatic rings. The number of carboxylic acids is 1. The molecular formula is C13H17N3O3. The number of carbonyl (C=O) groups excluding carboxylic acids is 1. The molecule has 0 bridgehead atoms. The topological polar surface area (TPSA) is 95.7 Å². The highest BCUT2D eigenvalue weighted by atomic mass is 16.4. The summed E-state index contributed by atoms with van der Waals surface area (Å²) in [4.78, 5) is 24.3. The van der Waals surface area contributed by atoms with Crippen molar-refractivity contribution >= 4 is 17.6 Å². The number of carboxylic acid groups (broad SMARTS) is 1. The predicted octanol–water partition coefficient (Wildman–Crippen LogP) is 0.591. The summed E-state index contributed by atoms with van der Waals surface area (Å²) in [5.41, 5.74) is 3.45. The summed E-state index contributed by atoms with van der Waals surface area (Å²) in [5.74, 6) is 4.06. The lowest BCUT2D eigenvalue weighted by molar-refractivity contribution is -0.125. The van der Waals surface area contributed by atoms with Gasteiger partial charge in [0.05, 0.1) is 5.56 Å². The van der Waals surface area contributed by atoms with Gasteiger partial charge in [0.2, 0.25) is 5.91 Å². The molecule has 0 aromatic heterocycles. The molecular weight excluding hydrogens is 246 g/mol. The van der Waals surface area contributed by atoms with Crippen LogP contribution < -0.4 is 16.2 Å². The molecule has 6 heteroatoms. The molecule has 1 fully saturated rings. The minimum Gasteiger partial charge on any atom is -0.478 e. The van der Waals surface area contributed by atoms with E-state index in [2.05, 4.69) is 10.3 Å². The second kappa shape index (κ2) is 5.71. The summed E-state index contributed by atoms with van der Waals surface area (Å²) >= 11 is 0. The third kappa shape index (κ3) is 3.03. The van der Waals surface area contributed by atoms with Crippen molar-refractivity contribution in [1.29, 1.82) is 0 Å². The Bertz CT molecular complexity index is 465. The van der Waals surface area contributed by atoms with E-state index in [0.717, 1.165) is 31.6 Å². The highest BCUT2D eigenvalue weighted by Crippen LogP contribution is 2.23. The Kier molecular flexibility index (Phi) is 4.01. The van der Waals surface area contributed by atoms with Crippen molar-refractivity contribution in [2.75, 3.05) is 18.0 Å². The van der Waals surface area contributed by atoms with Gasteiger partial charge in [0.15, 0.2) is 0 Å². The van der Waals surface area contributed by atoms with Gasteiger partial charge < -0.3 is 10.0 Å². The van der Waals surface area contributed by atoms with Crippen molar-refractivity contribution in [3.8, 4) is 0 Å². The quantitative estimate of drug-likeness (QED) is 0.421. The first kappa shape index (κ1) is 13.4. The Hall–Kier alpha value is -2.08. The van der Waals surface area contributed by atoms with Gasteiger partial charge in [0, 0.05) is 24.7 Å². The largest absolute Gasteiger partial charge is 0.478 e. The summed E-state index contributed by atoms with van der Waals surface area (Å²) in [7, 11) is 0. The highest BCUT2D eigenvalue weighted by Gasteiger charge is 2.24. The van der Waals surface area contributed by atoms with Gasteiger partial charge >= 0.3 is 5.97 Å². The van der Waals surface area contributed by atoms with Gasteiger partial charge in [-0.25, -0.2) is 10.6 Å². The Morgan fingerprint density at radius 3 is 2.26 bits per heavy atom. The number of benzene rings is 1. The van der Waals surface area contributed by atoms with Gasteiger partial charge in [0.1, 0.15) is 0 Å². The second-order valence-electron chi connectivity index (χ2n) is 4.62. The van der Waals surface area contributed by atoms with Crippen molar-refractivity contribution in [3.05, 3.63) is 29.8 Å². The molecule has 1 aliphatic heterocycles. The van der Waals surface area contributed by atoms with Crippen LogP contribution in [0, 0.1) is 5.92 Å². The maximum absolute atomic E-state index is 11.4. The highest BCUT2D eigenvalue weighted by molar-refractivity contribution is 5.88. The van der Waals surface area contributed by atoms with E-state index in [1.54, 1.807) is 24.3 Å². The van der Waals surface area contributed by atoms with Crippen molar-refractivity contribution in [2.24, 2.45) is 11.8 Å². The fourth-order valence-electron chi connectivity index (χ4n) is 2.33. The Morgan fingerprint density at radius 1 is 1.21 bits per heavy atom. The lowest BCUT2D eigenvalue weighted by atomic mass is 9.96. The van der Waals surface area contributed by atoms with Gasteiger partial charge in [-0.3, -0.25) is 10.2 Å². The molecule has 0 unspecified atom stereocenters. The Labute approximate surface area is 111 Å². The van der Waals surface area contributed by atoms with Crippen LogP contribution >= 0.6 is 0 Å². The van der Waals surface area contributed by atoms with Crippen LogP contribution in [0.15, 0.2) is 24.3 Å². The number of carbonyl (C=O) groups is 2. The molecule has 6 nitrogen and oxygen atoms in total. The number of hydrogen-bond donors (Lipinski definition) is 3. The molecule has 4 N–H and O–H groups in total. The van der Waals surface area contributed by atoms with E-state index in [-0.39, 0.29) is 17.4 Å². The number of rotatable bonds is 3. The number of hydrogen-bond acceptors (Lipinski definition) is 4. The zero-order valence-corrected chi connectivity index (χ0v) is 10.5. The Balaban J connectivity index is 1.97. The van der Waals surface area contributed by atoms with E-state index in [4.69, 9.17) is 10.9 Å². The van der Waals surface area contributed by atoms with Crippen molar-refractivity contribution in [3.63, 3.8) is 0 Å². The summed E-state index contributed by atoms with van der Waals surface area (Å²) in [6.45, 7) is 1.54. The molecule has 102 valence electrons. The van der Waals surface area contributed by atoms with Gasteiger partial charge in [0.25, 0.3) is 0 Å². The number of piperidine rings is 1. The molecule has 2 rings (SSSR count). The molecule has 1 aromatic carbocycles. The monoisotopic (exact) mass is 263 g/mol. The van der Waals surface area contributed by atoms with E-state index >= 15 is 0 Å². The van der Waals surface area contributed by atoms with Gasteiger partial charge in [-0.1, -0.05) is 0 Å². The molecule has 1 aliphatic rings. The molecule has 0 saturated carbocycles. The maximum Gasteiger partial charge on any atom is 0.335 e. The van der Waals surface area contributed by atoms with Gasteiger partial charge in [-0.15, -0.1) is 0 Å². The summed E-state index contributed by atoms with van der Waals surface area (Å²) in [6, 6.07) is 6.78. The van der Waals surface area contributed by atoms with Crippen LogP contribution in [0.3, 0.4) is 0 Å².